The first-order valence-corrected chi connectivity index (χ1v) is 9.36. The van der Waals surface area contributed by atoms with Gasteiger partial charge < -0.3 is 15.0 Å². The van der Waals surface area contributed by atoms with E-state index in [2.05, 4.69) is 30.2 Å². The first-order chi connectivity index (χ1) is 14.1. The molecule has 0 saturated carbocycles. The van der Waals surface area contributed by atoms with Crippen LogP contribution < -0.4 is 10.1 Å². The van der Waals surface area contributed by atoms with Crippen LogP contribution in [-0.2, 0) is 13.0 Å². The molecule has 7 nitrogen and oxygen atoms in total. The van der Waals surface area contributed by atoms with E-state index in [9.17, 15) is 4.39 Å². The Kier molecular flexibility index (Phi) is 5.33. The van der Waals surface area contributed by atoms with E-state index in [-0.39, 0.29) is 6.10 Å². The van der Waals surface area contributed by atoms with Crippen LogP contribution in [0.3, 0.4) is 0 Å². The van der Waals surface area contributed by atoms with Crippen LogP contribution >= 0.6 is 0 Å². The van der Waals surface area contributed by atoms with Gasteiger partial charge in [-0.15, -0.1) is 0 Å². The smallest absolute Gasteiger partial charge is 0.218 e. The first kappa shape index (κ1) is 18.8. The van der Waals surface area contributed by atoms with Gasteiger partial charge >= 0.3 is 0 Å². The topological polar surface area (TPSA) is 88.6 Å². The predicted molar refractivity (Wildman–Crippen MR) is 108 cm³/mol. The zero-order valence-electron chi connectivity index (χ0n) is 16.2. The maximum Gasteiger partial charge on any atom is 0.218 e. The van der Waals surface area contributed by atoms with Crippen molar-refractivity contribution in [2.24, 2.45) is 0 Å². The average Bonchev–Trinajstić information content (AvgIpc) is 3.12. The highest BCUT2D eigenvalue weighted by atomic mass is 19.1. The van der Waals surface area contributed by atoms with E-state index in [1.807, 2.05) is 32.2 Å². The second-order valence-electron chi connectivity index (χ2n) is 6.91. The van der Waals surface area contributed by atoms with Crippen LogP contribution in [-0.4, -0.2) is 31.0 Å². The number of fused-ring (bicyclic) bond motifs is 1. The van der Waals surface area contributed by atoms with E-state index < -0.39 is 5.95 Å². The fourth-order valence-electron chi connectivity index (χ4n) is 3.03. The molecule has 0 fully saturated rings. The van der Waals surface area contributed by atoms with Gasteiger partial charge in [0.15, 0.2) is 0 Å². The van der Waals surface area contributed by atoms with E-state index in [1.165, 1.54) is 6.33 Å². The molecule has 148 valence electrons. The Morgan fingerprint density at radius 3 is 2.86 bits per heavy atom. The van der Waals surface area contributed by atoms with Gasteiger partial charge in [-0.2, -0.15) is 4.39 Å². The molecule has 2 N–H and O–H groups in total. The van der Waals surface area contributed by atoms with E-state index in [1.54, 1.807) is 24.5 Å². The fraction of sp³-hybridized carbons (Fsp3) is 0.238. The summed E-state index contributed by atoms with van der Waals surface area (Å²) in [5.41, 5.74) is 3.04. The number of anilines is 1. The summed E-state index contributed by atoms with van der Waals surface area (Å²) >= 11 is 0. The lowest BCUT2D eigenvalue weighted by molar-refractivity contribution is 0.230. The molecule has 0 bridgehead atoms. The zero-order valence-corrected chi connectivity index (χ0v) is 16.2. The highest BCUT2D eigenvalue weighted by molar-refractivity contribution is 5.78. The fourth-order valence-corrected chi connectivity index (χ4v) is 3.03. The van der Waals surface area contributed by atoms with Crippen molar-refractivity contribution < 1.29 is 9.13 Å². The molecule has 4 aromatic heterocycles. The first-order valence-electron chi connectivity index (χ1n) is 9.36. The third-order valence-corrected chi connectivity index (χ3v) is 4.41. The molecule has 29 heavy (non-hydrogen) atoms. The Labute approximate surface area is 167 Å². The van der Waals surface area contributed by atoms with Crippen molar-refractivity contribution in [3.8, 4) is 5.88 Å². The third-order valence-electron chi connectivity index (χ3n) is 4.41. The number of aromatic nitrogens is 5. The maximum absolute atomic E-state index is 14.6. The van der Waals surface area contributed by atoms with Gasteiger partial charge in [0.25, 0.3) is 0 Å². The van der Waals surface area contributed by atoms with Crippen molar-refractivity contribution >= 4 is 16.9 Å². The Hall–Kier alpha value is -3.55. The van der Waals surface area contributed by atoms with Crippen LogP contribution in [0.25, 0.3) is 11.0 Å². The van der Waals surface area contributed by atoms with Gasteiger partial charge in [-0.05, 0) is 31.5 Å². The molecule has 8 heteroatoms. The van der Waals surface area contributed by atoms with E-state index >= 15 is 0 Å². The maximum atomic E-state index is 14.6. The summed E-state index contributed by atoms with van der Waals surface area (Å²) in [5, 5.41) is 4.01. The number of rotatable bonds is 7. The van der Waals surface area contributed by atoms with E-state index in [0.717, 1.165) is 22.2 Å². The van der Waals surface area contributed by atoms with Gasteiger partial charge in [0.1, 0.15) is 17.8 Å². The highest BCUT2D eigenvalue weighted by Gasteiger charge is 2.12. The highest BCUT2D eigenvalue weighted by Crippen LogP contribution is 2.21. The van der Waals surface area contributed by atoms with Crippen molar-refractivity contribution in [1.29, 1.82) is 0 Å². The lowest BCUT2D eigenvalue weighted by Gasteiger charge is -2.13. The number of hydrogen-bond acceptors (Lipinski definition) is 6. The van der Waals surface area contributed by atoms with E-state index in [0.29, 0.717) is 30.2 Å². The van der Waals surface area contributed by atoms with Crippen molar-refractivity contribution in [2.75, 3.05) is 5.32 Å². The summed E-state index contributed by atoms with van der Waals surface area (Å²) in [4.78, 5) is 19.6. The van der Waals surface area contributed by atoms with Gasteiger partial charge in [-0.25, -0.2) is 19.9 Å². The molecule has 0 atom stereocenters. The van der Waals surface area contributed by atoms with Crippen molar-refractivity contribution in [3.63, 3.8) is 0 Å². The summed E-state index contributed by atoms with van der Waals surface area (Å²) in [7, 11) is 0. The Bertz CT molecular complexity index is 1130. The van der Waals surface area contributed by atoms with Crippen LogP contribution in [0.2, 0.25) is 0 Å². The monoisotopic (exact) mass is 392 g/mol. The Balaban J connectivity index is 1.47. The molecule has 0 saturated heterocycles. The molecule has 0 radical (unpaired) electrons. The number of halogens is 1. The minimum atomic E-state index is -0.508. The second kappa shape index (κ2) is 8.22. The minimum Gasteiger partial charge on any atom is -0.475 e. The predicted octanol–water partition coefficient (Wildman–Crippen LogP) is 3.88. The second-order valence-corrected chi connectivity index (χ2v) is 6.91. The third kappa shape index (κ3) is 4.31. The number of ether oxygens (including phenoxy) is 1. The minimum absolute atomic E-state index is 0.0217. The molecular formula is C21H21FN6O. The average molecular weight is 392 g/mol. The van der Waals surface area contributed by atoms with Crippen molar-refractivity contribution in [3.05, 3.63) is 71.8 Å². The van der Waals surface area contributed by atoms with Crippen molar-refractivity contribution in [1.82, 2.24) is 24.9 Å². The summed E-state index contributed by atoms with van der Waals surface area (Å²) < 4.78 is 20.3. The Morgan fingerprint density at radius 2 is 2.03 bits per heavy atom. The zero-order chi connectivity index (χ0) is 20.2. The number of hydrogen-bond donors (Lipinski definition) is 2. The molecule has 0 amide bonds. The molecule has 4 aromatic rings. The summed E-state index contributed by atoms with van der Waals surface area (Å²) in [6.45, 7) is 4.32. The number of aromatic amines is 1. The van der Waals surface area contributed by atoms with Crippen molar-refractivity contribution in [2.45, 2.75) is 32.9 Å². The number of nitrogens with one attached hydrogen (secondary N) is 2. The summed E-state index contributed by atoms with van der Waals surface area (Å²) in [6.07, 6.45) is 7.13. The summed E-state index contributed by atoms with van der Waals surface area (Å²) in [5.74, 6) is 0.507. The SMILES string of the molecule is CC(C)Oc1ncccc1CNc1ccc(Cc2c[nH]c3ncncc23)c(F)n1. The molecule has 0 spiro atoms. The molecule has 0 aromatic carbocycles. The summed E-state index contributed by atoms with van der Waals surface area (Å²) in [6, 6.07) is 7.26. The largest absolute Gasteiger partial charge is 0.475 e. The molecule has 0 aliphatic heterocycles. The van der Waals surface area contributed by atoms with E-state index in [4.69, 9.17) is 4.74 Å². The quantitative estimate of drug-likeness (QED) is 0.464. The molecule has 4 heterocycles. The number of H-pyrrole nitrogens is 1. The molecule has 0 aliphatic carbocycles. The molecular weight excluding hydrogens is 371 g/mol. The molecule has 0 aliphatic rings. The molecule has 0 unspecified atom stereocenters. The number of pyridine rings is 2. The van der Waals surface area contributed by atoms with Gasteiger partial charge in [-0.1, -0.05) is 12.1 Å². The van der Waals surface area contributed by atoms with Gasteiger partial charge in [0, 0.05) is 48.1 Å². The van der Waals surface area contributed by atoms with Crippen LogP contribution in [0.4, 0.5) is 10.2 Å². The van der Waals surface area contributed by atoms with Crippen LogP contribution in [0, 0.1) is 5.95 Å². The normalized spacial score (nSPS) is 11.2. The lowest BCUT2D eigenvalue weighted by atomic mass is 10.1. The number of nitrogens with zero attached hydrogens (tertiary/aromatic N) is 4. The van der Waals surface area contributed by atoms with Crippen LogP contribution in [0.5, 0.6) is 5.88 Å². The van der Waals surface area contributed by atoms with Crippen LogP contribution in [0.1, 0.15) is 30.5 Å². The Morgan fingerprint density at radius 1 is 1.14 bits per heavy atom. The lowest BCUT2D eigenvalue weighted by Crippen LogP contribution is -2.11. The standard InChI is InChI=1S/C21H21FN6O/c1-13(2)29-21-15(4-3-7-24-21)9-25-18-6-5-14(19(22)28-18)8-16-10-26-20-17(16)11-23-12-27-20/h3-7,10-13H,8-9H2,1-2H3,(H,25,28)(H,23,26,27). The van der Waals surface area contributed by atoms with Crippen LogP contribution in [0.15, 0.2) is 49.2 Å². The van der Waals surface area contributed by atoms with Gasteiger partial charge in [-0.3, -0.25) is 0 Å². The molecule has 4 rings (SSSR count). The van der Waals surface area contributed by atoms with Gasteiger partial charge in [0.05, 0.1) is 6.10 Å². The van der Waals surface area contributed by atoms with Gasteiger partial charge in [0.2, 0.25) is 11.8 Å².